The fourth-order valence-corrected chi connectivity index (χ4v) is 5.06. The zero-order valence-electron chi connectivity index (χ0n) is 13.6. The molecule has 0 radical (unpaired) electrons. The van der Waals surface area contributed by atoms with Crippen LogP contribution in [0.4, 0.5) is 0 Å². The van der Waals surface area contributed by atoms with Crippen molar-refractivity contribution in [1.82, 2.24) is 9.88 Å². The maximum absolute atomic E-state index is 12.8. The van der Waals surface area contributed by atoms with Gasteiger partial charge in [0.05, 0.1) is 23.8 Å². The van der Waals surface area contributed by atoms with Crippen molar-refractivity contribution in [2.45, 2.75) is 50.2 Å². The molecule has 1 aromatic carbocycles. The minimum Gasteiger partial charge on any atom is -0.391 e. The predicted molar refractivity (Wildman–Crippen MR) is 94.8 cm³/mol. The molecule has 1 aliphatic heterocycles. The molecular formula is C19H22N2O2S. The van der Waals surface area contributed by atoms with Crippen LogP contribution < -0.4 is 0 Å². The van der Waals surface area contributed by atoms with Gasteiger partial charge in [0.1, 0.15) is 5.01 Å². The van der Waals surface area contributed by atoms with Crippen molar-refractivity contribution in [1.29, 1.82) is 0 Å². The third kappa shape index (κ3) is 2.66. The molecule has 0 bridgehead atoms. The molecule has 126 valence electrons. The maximum Gasteiger partial charge on any atom is 0.229 e. The van der Waals surface area contributed by atoms with E-state index in [4.69, 9.17) is 0 Å². The second kappa shape index (κ2) is 6.30. The molecule has 1 aliphatic carbocycles. The normalized spacial score (nSPS) is 22.4. The minimum atomic E-state index is -0.362. The summed E-state index contributed by atoms with van der Waals surface area (Å²) in [6.45, 7) is 0.676. The van der Waals surface area contributed by atoms with Crippen LogP contribution in [0.25, 0.3) is 10.6 Å². The van der Waals surface area contributed by atoms with Crippen LogP contribution in [0.15, 0.2) is 35.7 Å². The van der Waals surface area contributed by atoms with E-state index < -0.39 is 0 Å². The van der Waals surface area contributed by atoms with Gasteiger partial charge in [0, 0.05) is 17.5 Å². The molecule has 1 saturated heterocycles. The molecule has 4 rings (SSSR count). The van der Waals surface area contributed by atoms with Gasteiger partial charge in [0.15, 0.2) is 0 Å². The molecule has 1 aromatic heterocycles. The summed E-state index contributed by atoms with van der Waals surface area (Å²) in [5.41, 5.74) is 1.62. The number of hydrogen-bond acceptors (Lipinski definition) is 4. The van der Waals surface area contributed by atoms with Crippen molar-refractivity contribution in [3.63, 3.8) is 0 Å². The molecule has 5 heteroatoms. The number of amides is 1. The fraction of sp³-hybridized carbons (Fsp3) is 0.474. The lowest BCUT2D eigenvalue weighted by atomic mass is 9.91. The zero-order chi connectivity index (χ0) is 16.6. The van der Waals surface area contributed by atoms with Gasteiger partial charge in [-0.2, -0.15) is 0 Å². The molecule has 24 heavy (non-hydrogen) atoms. The van der Waals surface area contributed by atoms with Crippen LogP contribution in [-0.2, 0) is 11.2 Å². The lowest BCUT2D eigenvalue weighted by Crippen LogP contribution is -2.51. The predicted octanol–water partition coefficient (Wildman–Crippen LogP) is 3.26. The fourth-order valence-electron chi connectivity index (χ4n) is 4.24. The number of carbonyl (C=O) groups excluding carboxylic acids is 1. The third-order valence-electron chi connectivity index (χ3n) is 5.46. The van der Waals surface area contributed by atoms with E-state index in [1.807, 2.05) is 40.6 Å². The zero-order valence-corrected chi connectivity index (χ0v) is 14.5. The lowest BCUT2D eigenvalue weighted by Gasteiger charge is -2.37. The Morgan fingerprint density at radius 1 is 1.29 bits per heavy atom. The Morgan fingerprint density at radius 3 is 2.79 bits per heavy atom. The standard InChI is InChI=1S/C19H22N2O2S/c22-16-8-11-21(19(16)9-4-5-10-19)17(23)12-15-13-24-18(20-15)14-6-2-1-3-7-14/h1-3,6-7,13,16,22H,4-5,8-12H2. The largest absolute Gasteiger partial charge is 0.391 e. The van der Waals surface area contributed by atoms with Gasteiger partial charge in [-0.3, -0.25) is 4.79 Å². The van der Waals surface area contributed by atoms with Crippen LogP contribution in [0.5, 0.6) is 0 Å². The topological polar surface area (TPSA) is 53.4 Å². The summed E-state index contributed by atoms with van der Waals surface area (Å²) >= 11 is 1.58. The van der Waals surface area contributed by atoms with Crippen LogP contribution in [0, 0.1) is 0 Å². The van der Waals surface area contributed by atoms with Gasteiger partial charge >= 0.3 is 0 Å². The van der Waals surface area contributed by atoms with Crippen molar-refractivity contribution in [3.05, 3.63) is 41.4 Å². The number of rotatable bonds is 3. The summed E-state index contributed by atoms with van der Waals surface area (Å²) in [5.74, 6) is 0.110. The van der Waals surface area contributed by atoms with Crippen molar-refractivity contribution in [2.24, 2.45) is 0 Å². The quantitative estimate of drug-likeness (QED) is 0.931. The summed E-state index contributed by atoms with van der Waals surface area (Å²) in [6, 6.07) is 10.1. The Bertz CT molecular complexity index is 722. The van der Waals surface area contributed by atoms with Gasteiger partial charge in [0.2, 0.25) is 5.91 Å². The molecule has 1 saturated carbocycles. The van der Waals surface area contributed by atoms with E-state index in [0.717, 1.165) is 41.9 Å². The van der Waals surface area contributed by atoms with E-state index >= 15 is 0 Å². The number of thiazole rings is 1. The molecule has 2 aromatic rings. The first-order chi connectivity index (χ1) is 11.7. The number of likely N-dealkylation sites (tertiary alicyclic amines) is 1. The van der Waals surface area contributed by atoms with E-state index in [1.165, 1.54) is 0 Å². The van der Waals surface area contributed by atoms with Gasteiger partial charge in [-0.25, -0.2) is 4.98 Å². The molecule has 4 nitrogen and oxygen atoms in total. The Morgan fingerprint density at radius 2 is 2.04 bits per heavy atom. The van der Waals surface area contributed by atoms with E-state index in [9.17, 15) is 9.90 Å². The first kappa shape index (κ1) is 15.8. The molecule has 1 atom stereocenters. The molecule has 1 N–H and O–H groups in total. The number of carbonyl (C=O) groups is 1. The van der Waals surface area contributed by atoms with E-state index in [2.05, 4.69) is 4.98 Å². The lowest BCUT2D eigenvalue weighted by molar-refractivity contribution is -0.136. The highest BCUT2D eigenvalue weighted by Crippen LogP contribution is 2.43. The molecule has 1 unspecified atom stereocenters. The summed E-state index contributed by atoms with van der Waals surface area (Å²) in [5, 5.41) is 13.3. The highest BCUT2D eigenvalue weighted by atomic mass is 32.1. The number of aromatic nitrogens is 1. The summed E-state index contributed by atoms with van der Waals surface area (Å²) in [4.78, 5) is 19.4. The van der Waals surface area contributed by atoms with Crippen molar-refractivity contribution in [2.75, 3.05) is 6.54 Å². The number of benzene rings is 1. The van der Waals surface area contributed by atoms with Crippen LogP contribution in [0.3, 0.4) is 0 Å². The number of aliphatic hydroxyl groups is 1. The molecule has 2 aliphatic rings. The van der Waals surface area contributed by atoms with E-state index in [-0.39, 0.29) is 17.6 Å². The first-order valence-corrected chi connectivity index (χ1v) is 9.55. The van der Waals surface area contributed by atoms with Crippen LogP contribution in [-0.4, -0.2) is 39.1 Å². The molecular weight excluding hydrogens is 320 g/mol. The first-order valence-electron chi connectivity index (χ1n) is 8.67. The van der Waals surface area contributed by atoms with Crippen LogP contribution in [0.1, 0.15) is 37.8 Å². The monoisotopic (exact) mass is 342 g/mol. The number of aliphatic hydroxyl groups excluding tert-OH is 1. The van der Waals surface area contributed by atoms with Gasteiger partial charge in [0.25, 0.3) is 0 Å². The van der Waals surface area contributed by atoms with Gasteiger partial charge in [-0.05, 0) is 19.3 Å². The van der Waals surface area contributed by atoms with Gasteiger partial charge in [-0.1, -0.05) is 43.2 Å². The number of nitrogens with zero attached hydrogens (tertiary/aromatic N) is 2. The molecule has 1 spiro atoms. The maximum atomic E-state index is 12.8. The van der Waals surface area contributed by atoms with Crippen molar-refractivity contribution >= 4 is 17.2 Å². The Hall–Kier alpha value is -1.72. The third-order valence-corrected chi connectivity index (χ3v) is 6.40. The molecule has 2 heterocycles. The SMILES string of the molecule is O=C(Cc1csc(-c2ccccc2)n1)N1CCC(O)C12CCCC2. The Kier molecular flexibility index (Phi) is 4.14. The van der Waals surface area contributed by atoms with Crippen molar-refractivity contribution in [3.8, 4) is 10.6 Å². The second-order valence-corrected chi connectivity index (χ2v) is 7.71. The Labute approximate surface area is 146 Å². The summed E-state index contributed by atoms with van der Waals surface area (Å²) in [7, 11) is 0. The summed E-state index contributed by atoms with van der Waals surface area (Å²) < 4.78 is 0. The van der Waals surface area contributed by atoms with Gasteiger partial charge in [-0.15, -0.1) is 11.3 Å². The summed E-state index contributed by atoms with van der Waals surface area (Å²) in [6.07, 6.45) is 4.76. The highest BCUT2D eigenvalue weighted by Gasteiger charge is 2.51. The number of hydrogen-bond donors (Lipinski definition) is 1. The van der Waals surface area contributed by atoms with E-state index in [1.54, 1.807) is 11.3 Å². The smallest absolute Gasteiger partial charge is 0.229 e. The van der Waals surface area contributed by atoms with Crippen LogP contribution in [0.2, 0.25) is 0 Å². The average Bonchev–Trinajstić information content (AvgIpc) is 3.32. The average molecular weight is 342 g/mol. The molecule has 2 fully saturated rings. The highest BCUT2D eigenvalue weighted by molar-refractivity contribution is 7.13. The van der Waals surface area contributed by atoms with E-state index in [0.29, 0.717) is 19.4 Å². The van der Waals surface area contributed by atoms with Gasteiger partial charge < -0.3 is 10.0 Å². The molecule has 1 amide bonds. The Balaban J connectivity index is 1.50. The minimum absolute atomic E-state index is 0.110. The second-order valence-electron chi connectivity index (χ2n) is 6.85. The van der Waals surface area contributed by atoms with Crippen LogP contribution >= 0.6 is 11.3 Å². The van der Waals surface area contributed by atoms with Crippen molar-refractivity contribution < 1.29 is 9.90 Å².